The number of carbonyl (C=O) groups is 1. The van der Waals surface area contributed by atoms with Crippen molar-refractivity contribution in [3.05, 3.63) is 34.0 Å². The molecule has 1 aromatic carbocycles. The van der Waals surface area contributed by atoms with Crippen molar-refractivity contribution in [2.45, 2.75) is 45.8 Å². The molecule has 0 radical (unpaired) electrons. The minimum Gasteiger partial charge on any atom is -0.505 e. The highest BCUT2D eigenvalue weighted by molar-refractivity contribution is 9.10. The average Bonchev–Trinajstić information content (AvgIpc) is 3.35. The summed E-state index contributed by atoms with van der Waals surface area (Å²) in [7, 11) is 3.20. The maximum atomic E-state index is 12.5. The van der Waals surface area contributed by atoms with Crippen LogP contribution in [0.4, 0.5) is 5.69 Å². The molecule has 3 atom stereocenters. The van der Waals surface area contributed by atoms with Crippen molar-refractivity contribution in [1.29, 1.82) is 0 Å². The van der Waals surface area contributed by atoms with Gasteiger partial charge in [0.25, 0.3) is 17.1 Å². The predicted octanol–water partition coefficient (Wildman–Crippen LogP) is 3.35. The first-order valence-corrected chi connectivity index (χ1v) is 12.2. The number of halogens is 1. The van der Waals surface area contributed by atoms with Crippen LogP contribution >= 0.6 is 15.9 Å². The molecule has 0 saturated carbocycles. The number of amides is 1. The summed E-state index contributed by atoms with van der Waals surface area (Å²) in [5.41, 5.74) is 1.61. The molecule has 2 aliphatic rings. The average molecular weight is 526 g/mol. The number of phenolic OH excluding ortho intramolecular Hbond substituents is 1. The molecule has 9 nitrogen and oxygen atoms in total. The Balaban J connectivity index is 1.79. The summed E-state index contributed by atoms with van der Waals surface area (Å²) in [4.78, 5) is 13.8. The lowest BCUT2D eigenvalue weighted by Crippen LogP contribution is -2.46. The number of hydrogen-bond donors (Lipinski definition) is 3. The first kappa shape index (κ1) is 24.2. The Labute approximate surface area is 198 Å². The van der Waals surface area contributed by atoms with E-state index in [2.05, 4.69) is 49.2 Å². The van der Waals surface area contributed by atoms with Gasteiger partial charge in [0.05, 0.1) is 23.6 Å². The molecule has 1 aromatic rings. The number of aromatic hydroxyl groups is 1. The van der Waals surface area contributed by atoms with Crippen LogP contribution in [0, 0.1) is 5.92 Å². The Hall–Kier alpha value is -2.40. The van der Waals surface area contributed by atoms with E-state index in [1.54, 1.807) is 26.2 Å². The summed E-state index contributed by atoms with van der Waals surface area (Å²) in [6.45, 7) is 6.29. The zero-order valence-electron chi connectivity index (χ0n) is 18.7. The van der Waals surface area contributed by atoms with Gasteiger partial charge in [-0.25, -0.2) is 4.21 Å². The second kappa shape index (κ2) is 10.0. The molecule has 0 saturated heterocycles. The van der Waals surface area contributed by atoms with Crippen molar-refractivity contribution >= 4 is 50.4 Å². The van der Waals surface area contributed by atoms with Crippen LogP contribution in [0.3, 0.4) is 0 Å². The van der Waals surface area contributed by atoms with Crippen molar-refractivity contribution < 1.29 is 18.8 Å². The van der Waals surface area contributed by atoms with Gasteiger partial charge in [-0.3, -0.25) is 4.79 Å². The van der Waals surface area contributed by atoms with Gasteiger partial charge in [-0.05, 0) is 46.0 Å². The van der Waals surface area contributed by atoms with Gasteiger partial charge in [-0.15, -0.1) is 8.80 Å². The molecule has 2 unspecified atom stereocenters. The molecule has 0 spiro atoms. The first-order chi connectivity index (χ1) is 15.1. The first-order valence-electron chi connectivity index (χ1n) is 10.3. The van der Waals surface area contributed by atoms with E-state index in [1.165, 1.54) is 10.5 Å². The molecule has 0 aromatic heterocycles. The Morgan fingerprint density at radius 2 is 2.03 bits per heavy atom. The molecule has 11 heteroatoms. The van der Waals surface area contributed by atoms with Crippen molar-refractivity contribution in [3.8, 4) is 5.75 Å². The third kappa shape index (κ3) is 5.15. The van der Waals surface area contributed by atoms with Crippen molar-refractivity contribution in [1.82, 2.24) is 10.2 Å². The molecule has 32 heavy (non-hydrogen) atoms. The number of nitrogens with one attached hydrogen (secondary N) is 2. The van der Waals surface area contributed by atoms with E-state index in [0.29, 0.717) is 16.2 Å². The standard InChI is InChI=1S/C21H28BrN5O4S/c1-6-14(16-9-12(10-31-16)11(2)3)23-19-20(26-32(30)25-19)24-15-8-7-13(22)17(18(15)28)21(29)27(4)5/h7-8,10-11,14,16,28H,6,9H2,1-5H3,(H,23,25)(H,24,26)/t14-,16?,32?/m1/s1. The quantitative estimate of drug-likeness (QED) is 0.490. The third-order valence-electron chi connectivity index (χ3n) is 5.35. The highest BCUT2D eigenvalue weighted by Gasteiger charge is 2.31. The molecule has 174 valence electrons. The number of phenols is 1. The van der Waals surface area contributed by atoms with Crippen LogP contribution in [-0.4, -0.2) is 58.0 Å². The normalized spacial score (nSPS) is 20.9. The smallest absolute Gasteiger partial charge is 0.269 e. The second-order valence-electron chi connectivity index (χ2n) is 8.14. The van der Waals surface area contributed by atoms with Gasteiger partial charge in [0.15, 0.2) is 17.4 Å². The van der Waals surface area contributed by atoms with Crippen LogP contribution in [-0.2, 0) is 15.9 Å². The summed E-state index contributed by atoms with van der Waals surface area (Å²) in [5, 5.41) is 17.0. The van der Waals surface area contributed by atoms with Crippen molar-refractivity contribution in [2.24, 2.45) is 14.7 Å². The highest BCUT2D eigenvalue weighted by Crippen LogP contribution is 2.34. The fourth-order valence-corrected chi connectivity index (χ4v) is 4.52. The molecule has 0 aliphatic carbocycles. The van der Waals surface area contributed by atoms with Crippen LogP contribution in [0.5, 0.6) is 5.75 Å². The lowest BCUT2D eigenvalue weighted by Gasteiger charge is -2.25. The number of hydrogen-bond acceptors (Lipinski definition) is 6. The third-order valence-corrected chi connectivity index (χ3v) is 6.69. The number of benzene rings is 1. The molecule has 3 rings (SSSR count). The largest absolute Gasteiger partial charge is 0.505 e. The van der Waals surface area contributed by atoms with Gasteiger partial charge in [-0.1, -0.05) is 20.8 Å². The fourth-order valence-electron chi connectivity index (χ4n) is 3.41. The van der Waals surface area contributed by atoms with Gasteiger partial charge >= 0.3 is 0 Å². The summed E-state index contributed by atoms with van der Waals surface area (Å²) in [5.74, 6) is 0.346. The maximum Gasteiger partial charge on any atom is 0.269 e. The predicted molar refractivity (Wildman–Crippen MR) is 130 cm³/mol. The van der Waals surface area contributed by atoms with Crippen LogP contribution in [0.2, 0.25) is 0 Å². The lowest BCUT2D eigenvalue weighted by molar-refractivity contribution is 0.0824. The zero-order valence-corrected chi connectivity index (χ0v) is 21.1. The Morgan fingerprint density at radius 1 is 1.34 bits per heavy atom. The number of amidine groups is 2. The number of ether oxygens (including phenoxy) is 1. The molecule has 1 amide bonds. The van der Waals surface area contributed by atoms with Crippen LogP contribution in [0.25, 0.3) is 0 Å². The van der Waals surface area contributed by atoms with Gasteiger partial charge in [0.2, 0.25) is 0 Å². The fraction of sp³-hybridized carbons (Fsp3) is 0.476. The maximum absolute atomic E-state index is 12.5. The molecular formula is C21H28BrN5O4S. The molecule has 2 aliphatic heterocycles. The molecule has 3 N–H and O–H groups in total. The molecule has 0 fully saturated rings. The highest BCUT2D eigenvalue weighted by atomic mass is 79.9. The summed E-state index contributed by atoms with van der Waals surface area (Å²) >= 11 is 1.52. The van der Waals surface area contributed by atoms with E-state index in [-0.39, 0.29) is 40.9 Å². The monoisotopic (exact) mass is 525 g/mol. The number of rotatable bonds is 6. The SMILES string of the molecule is CC[C@@H](NC1=NS(=O)N=C1Nc1ccc(Br)c(C(=O)N(C)C)c1O)C1CC(C(C)C)=CO1. The summed E-state index contributed by atoms with van der Waals surface area (Å²) < 4.78 is 26.5. The Morgan fingerprint density at radius 3 is 2.62 bits per heavy atom. The minimum atomic E-state index is -1.79. The van der Waals surface area contributed by atoms with E-state index in [1.807, 2.05) is 13.2 Å². The zero-order chi connectivity index (χ0) is 23.6. The van der Waals surface area contributed by atoms with Crippen molar-refractivity contribution in [3.63, 3.8) is 0 Å². The van der Waals surface area contributed by atoms with Gasteiger partial charge < -0.3 is 25.4 Å². The lowest BCUT2D eigenvalue weighted by atomic mass is 9.96. The van der Waals surface area contributed by atoms with Crippen LogP contribution in [0.1, 0.15) is 44.0 Å². The van der Waals surface area contributed by atoms with E-state index in [4.69, 9.17) is 4.74 Å². The van der Waals surface area contributed by atoms with E-state index >= 15 is 0 Å². The van der Waals surface area contributed by atoms with Crippen LogP contribution in [0.15, 0.2) is 37.2 Å². The van der Waals surface area contributed by atoms with E-state index in [9.17, 15) is 14.1 Å². The van der Waals surface area contributed by atoms with E-state index in [0.717, 1.165) is 12.8 Å². The van der Waals surface area contributed by atoms with E-state index < -0.39 is 11.2 Å². The number of nitrogens with zero attached hydrogens (tertiary/aromatic N) is 3. The summed E-state index contributed by atoms with van der Waals surface area (Å²) in [6, 6.07) is 3.17. The topological polar surface area (TPSA) is 116 Å². The van der Waals surface area contributed by atoms with Crippen molar-refractivity contribution in [2.75, 3.05) is 19.4 Å². The number of anilines is 1. The Bertz CT molecular complexity index is 1020. The van der Waals surface area contributed by atoms with Gasteiger partial charge in [0.1, 0.15) is 6.10 Å². The molecule has 2 heterocycles. The van der Waals surface area contributed by atoms with Crippen LogP contribution < -0.4 is 10.6 Å². The summed E-state index contributed by atoms with van der Waals surface area (Å²) in [6.07, 6.45) is 3.32. The minimum absolute atomic E-state index is 0.0687. The number of carbonyl (C=O) groups excluding carboxylic acids is 1. The Kier molecular flexibility index (Phi) is 7.60. The molecular weight excluding hydrogens is 498 g/mol. The van der Waals surface area contributed by atoms with Gasteiger partial charge in [0, 0.05) is 25.0 Å². The molecule has 0 bridgehead atoms. The second-order valence-corrected chi connectivity index (χ2v) is 9.82. The van der Waals surface area contributed by atoms with Gasteiger partial charge in [-0.2, -0.15) is 0 Å².